The van der Waals surface area contributed by atoms with E-state index in [0.717, 1.165) is 10.4 Å². The van der Waals surface area contributed by atoms with Gasteiger partial charge in [-0.05, 0) is 30.0 Å². The van der Waals surface area contributed by atoms with Crippen molar-refractivity contribution in [1.82, 2.24) is 14.0 Å². The SMILES string of the molecule is COc1ccc(-n2c(=O)c3c4c(sc3n(CC(C)C)c2=O)CN(C(C)=O)CC4)cc1OC. The molecule has 0 aliphatic carbocycles. The smallest absolute Gasteiger partial charge is 0.336 e. The summed E-state index contributed by atoms with van der Waals surface area (Å²) in [5.74, 6) is 1.18. The molecule has 0 N–H and O–H groups in total. The summed E-state index contributed by atoms with van der Waals surface area (Å²) in [7, 11) is 3.05. The van der Waals surface area contributed by atoms with Gasteiger partial charge in [-0.2, -0.15) is 0 Å². The Morgan fingerprint density at radius 3 is 2.50 bits per heavy atom. The third-order valence-electron chi connectivity index (χ3n) is 5.74. The summed E-state index contributed by atoms with van der Waals surface area (Å²) < 4.78 is 13.6. The van der Waals surface area contributed by atoms with Gasteiger partial charge in [0.15, 0.2) is 11.5 Å². The maximum absolute atomic E-state index is 13.7. The maximum Gasteiger partial charge on any atom is 0.336 e. The number of rotatable bonds is 5. The molecule has 1 aromatic carbocycles. The first kappa shape index (κ1) is 22.1. The molecule has 0 unspecified atom stereocenters. The fourth-order valence-corrected chi connectivity index (χ4v) is 5.55. The van der Waals surface area contributed by atoms with Gasteiger partial charge in [0.1, 0.15) is 4.83 Å². The average Bonchev–Trinajstić information content (AvgIpc) is 3.15. The van der Waals surface area contributed by atoms with Crippen LogP contribution in [-0.4, -0.2) is 40.7 Å². The minimum atomic E-state index is -0.384. The van der Waals surface area contributed by atoms with Gasteiger partial charge >= 0.3 is 5.69 Å². The van der Waals surface area contributed by atoms with Gasteiger partial charge in [0.05, 0.1) is 31.8 Å². The van der Waals surface area contributed by atoms with Crippen molar-refractivity contribution in [1.29, 1.82) is 0 Å². The molecule has 32 heavy (non-hydrogen) atoms. The van der Waals surface area contributed by atoms with Gasteiger partial charge in [0, 0.05) is 31.0 Å². The summed E-state index contributed by atoms with van der Waals surface area (Å²) >= 11 is 1.45. The number of methoxy groups -OCH3 is 2. The van der Waals surface area contributed by atoms with Gasteiger partial charge in [-0.25, -0.2) is 9.36 Å². The Morgan fingerprint density at radius 1 is 1.16 bits per heavy atom. The predicted molar refractivity (Wildman–Crippen MR) is 124 cm³/mol. The number of hydrogen-bond acceptors (Lipinski definition) is 6. The van der Waals surface area contributed by atoms with Gasteiger partial charge in [-0.1, -0.05) is 13.8 Å². The minimum absolute atomic E-state index is 0.00964. The molecule has 0 atom stereocenters. The molecule has 2 aromatic heterocycles. The Morgan fingerprint density at radius 2 is 1.88 bits per heavy atom. The largest absolute Gasteiger partial charge is 0.493 e. The monoisotopic (exact) mass is 457 g/mol. The number of amides is 1. The molecule has 170 valence electrons. The van der Waals surface area contributed by atoms with Crippen molar-refractivity contribution in [2.75, 3.05) is 20.8 Å². The van der Waals surface area contributed by atoms with E-state index in [1.165, 1.54) is 30.1 Å². The van der Waals surface area contributed by atoms with Crippen LogP contribution in [0.3, 0.4) is 0 Å². The van der Waals surface area contributed by atoms with Crippen molar-refractivity contribution >= 4 is 27.5 Å². The van der Waals surface area contributed by atoms with Crippen molar-refractivity contribution in [2.45, 2.75) is 40.3 Å². The highest BCUT2D eigenvalue weighted by Gasteiger charge is 2.27. The third kappa shape index (κ3) is 3.60. The Labute approximate surface area is 189 Å². The van der Waals surface area contributed by atoms with E-state index in [0.29, 0.717) is 53.5 Å². The molecule has 3 heterocycles. The number of benzene rings is 1. The third-order valence-corrected chi connectivity index (χ3v) is 6.98. The number of aromatic nitrogens is 2. The molecule has 8 nitrogen and oxygen atoms in total. The normalized spacial score (nSPS) is 13.5. The second-order valence-electron chi connectivity index (χ2n) is 8.34. The summed E-state index contributed by atoms with van der Waals surface area (Å²) in [6.45, 7) is 7.14. The van der Waals surface area contributed by atoms with Crippen LogP contribution < -0.4 is 20.7 Å². The highest BCUT2D eigenvalue weighted by Crippen LogP contribution is 2.34. The van der Waals surface area contributed by atoms with Crippen molar-refractivity contribution in [2.24, 2.45) is 5.92 Å². The Balaban J connectivity index is 2.02. The second-order valence-corrected chi connectivity index (χ2v) is 9.43. The lowest BCUT2D eigenvalue weighted by Crippen LogP contribution is -2.39. The molecular formula is C23H27N3O5S. The molecule has 0 fully saturated rings. The first-order chi connectivity index (χ1) is 15.3. The summed E-state index contributed by atoms with van der Waals surface area (Å²) in [6, 6.07) is 5.01. The summed E-state index contributed by atoms with van der Waals surface area (Å²) in [5, 5.41) is 0.572. The zero-order valence-corrected chi connectivity index (χ0v) is 19.7. The lowest BCUT2D eigenvalue weighted by Gasteiger charge is -2.25. The second kappa shape index (κ2) is 8.46. The fraction of sp³-hybridized carbons (Fsp3) is 0.435. The average molecular weight is 458 g/mol. The lowest BCUT2D eigenvalue weighted by molar-refractivity contribution is -0.129. The molecule has 9 heteroatoms. The highest BCUT2D eigenvalue weighted by atomic mass is 32.1. The number of hydrogen-bond donors (Lipinski definition) is 0. The molecule has 0 bridgehead atoms. The number of fused-ring (bicyclic) bond motifs is 3. The molecule has 0 saturated carbocycles. The molecule has 0 saturated heterocycles. The standard InChI is InChI=1S/C23H27N3O5S/c1-13(2)11-25-22-20(16-8-9-24(14(3)27)12-19(16)32-22)21(28)26(23(25)29)15-6-7-17(30-4)18(10-15)31-5/h6-7,10,13H,8-9,11-12H2,1-5H3. The van der Waals surface area contributed by atoms with Crippen molar-refractivity contribution in [3.63, 3.8) is 0 Å². The van der Waals surface area contributed by atoms with Crippen LogP contribution in [0.15, 0.2) is 27.8 Å². The maximum atomic E-state index is 13.7. The first-order valence-corrected chi connectivity index (χ1v) is 11.4. The van der Waals surface area contributed by atoms with Crippen LogP contribution in [0.5, 0.6) is 11.5 Å². The number of carbonyl (C=O) groups excluding carboxylic acids is 1. The van der Waals surface area contributed by atoms with E-state index in [1.807, 2.05) is 13.8 Å². The van der Waals surface area contributed by atoms with E-state index < -0.39 is 0 Å². The molecule has 3 aromatic rings. The van der Waals surface area contributed by atoms with E-state index in [-0.39, 0.29) is 23.1 Å². The summed E-state index contributed by atoms with van der Waals surface area (Å²) in [5.41, 5.74) is 0.647. The topological polar surface area (TPSA) is 82.8 Å². The van der Waals surface area contributed by atoms with E-state index in [4.69, 9.17) is 9.47 Å². The predicted octanol–water partition coefficient (Wildman–Crippen LogP) is 2.79. The zero-order chi connectivity index (χ0) is 23.2. The summed E-state index contributed by atoms with van der Waals surface area (Å²) in [6.07, 6.45) is 0.593. The molecule has 1 aliphatic rings. The molecular weight excluding hydrogens is 430 g/mol. The lowest BCUT2D eigenvalue weighted by atomic mass is 10.1. The van der Waals surface area contributed by atoms with Crippen molar-refractivity contribution in [3.8, 4) is 17.2 Å². The van der Waals surface area contributed by atoms with Gasteiger partial charge in [0.2, 0.25) is 5.91 Å². The summed E-state index contributed by atoms with van der Waals surface area (Å²) in [4.78, 5) is 42.6. The van der Waals surface area contributed by atoms with Crippen molar-refractivity contribution in [3.05, 3.63) is 49.5 Å². The molecule has 0 radical (unpaired) electrons. The van der Waals surface area contributed by atoms with Crippen LogP contribution in [0.25, 0.3) is 15.9 Å². The quantitative estimate of drug-likeness (QED) is 0.588. The van der Waals surface area contributed by atoms with Crippen LogP contribution in [0.4, 0.5) is 0 Å². The van der Waals surface area contributed by atoms with Gasteiger partial charge in [-0.3, -0.25) is 14.2 Å². The minimum Gasteiger partial charge on any atom is -0.493 e. The Hall–Kier alpha value is -3.07. The van der Waals surface area contributed by atoms with Crippen LogP contribution in [0.1, 0.15) is 31.2 Å². The van der Waals surface area contributed by atoms with Gasteiger partial charge in [0.25, 0.3) is 5.56 Å². The number of nitrogens with zero attached hydrogens (tertiary/aromatic N) is 3. The number of carbonyl (C=O) groups is 1. The Bertz CT molecular complexity index is 1320. The van der Waals surface area contributed by atoms with E-state index >= 15 is 0 Å². The molecule has 0 spiro atoms. The van der Waals surface area contributed by atoms with Gasteiger partial charge < -0.3 is 14.4 Å². The fourth-order valence-electron chi connectivity index (χ4n) is 4.19. The van der Waals surface area contributed by atoms with Crippen molar-refractivity contribution < 1.29 is 14.3 Å². The zero-order valence-electron chi connectivity index (χ0n) is 18.9. The number of ether oxygens (including phenoxy) is 2. The van der Waals surface area contributed by atoms with Crippen LogP contribution in [0.2, 0.25) is 0 Å². The molecule has 1 aliphatic heterocycles. The van der Waals surface area contributed by atoms with E-state index in [9.17, 15) is 14.4 Å². The van der Waals surface area contributed by atoms with Crippen LogP contribution in [0, 0.1) is 5.92 Å². The Kier molecular flexibility index (Phi) is 5.85. The number of thiophene rings is 1. The molecule has 1 amide bonds. The van der Waals surface area contributed by atoms with E-state index in [2.05, 4.69) is 0 Å². The molecule has 4 rings (SSSR count). The van der Waals surface area contributed by atoms with E-state index in [1.54, 1.807) is 34.6 Å². The first-order valence-electron chi connectivity index (χ1n) is 10.5. The van der Waals surface area contributed by atoms with Crippen LogP contribution in [-0.2, 0) is 24.3 Å². The highest BCUT2D eigenvalue weighted by molar-refractivity contribution is 7.18. The van der Waals surface area contributed by atoms with Crippen LogP contribution >= 0.6 is 11.3 Å². The van der Waals surface area contributed by atoms with Gasteiger partial charge in [-0.15, -0.1) is 11.3 Å².